The first kappa shape index (κ1) is 26.5. The number of carbonyl (C=O) groups is 2. The van der Waals surface area contributed by atoms with E-state index >= 15 is 0 Å². The summed E-state index contributed by atoms with van der Waals surface area (Å²) in [7, 11) is 0. The molecule has 9 heteroatoms. The fraction of sp³-hybridized carbons (Fsp3) is 0.429. The van der Waals surface area contributed by atoms with Gasteiger partial charge in [0.2, 0.25) is 17.8 Å². The van der Waals surface area contributed by atoms with E-state index in [1.54, 1.807) is 23.4 Å². The topological polar surface area (TPSA) is 83.8 Å². The van der Waals surface area contributed by atoms with Crippen molar-refractivity contribution in [2.45, 2.75) is 32.9 Å². The Morgan fingerprint density at radius 3 is 2.51 bits per heavy atom. The fourth-order valence-electron chi connectivity index (χ4n) is 4.64. The van der Waals surface area contributed by atoms with Gasteiger partial charge in [0.15, 0.2) is 0 Å². The summed E-state index contributed by atoms with van der Waals surface area (Å²) < 4.78 is 8.08. The van der Waals surface area contributed by atoms with Gasteiger partial charge in [0.25, 0.3) is 0 Å². The minimum Gasteiger partial charge on any atom is -0.365 e. The highest BCUT2D eigenvalue weighted by Crippen LogP contribution is 2.16. The van der Waals surface area contributed by atoms with Crippen molar-refractivity contribution < 1.29 is 14.3 Å². The number of nitrogens with zero attached hydrogens (tertiary/aromatic N) is 6. The predicted octanol–water partition coefficient (Wildman–Crippen LogP) is 2.41. The van der Waals surface area contributed by atoms with Crippen molar-refractivity contribution in [1.29, 1.82) is 0 Å². The summed E-state index contributed by atoms with van der Waals surface area (Å²) in [5.74, 6) is 0.620. The van der Waals surface area contributed by atoms with Crippen LogP contribution in [0.5, 0.6) is 0 Å². The highest BCUT2D eigenvalue weighted by molar-refractivity contribution is 5.79. The molecule has 0 saturated carbocycles. The smallest absolute Gasteiger partial charge is 0.248 e. The second kappa shape index (κ2) is 13.1. The van der Waals surface area contributed by atoms with Crippen LogP contribution in [0.25, 0.3) is 5.95 Å². The van der Waals surface area contributed by atoms with Crippen LogP contribution in [0.1, 0.15) is 25.1 Å². The molecule has 1 fully saturated rings. The number of likely N-dealkylation sites (N-methyl/N-ethyl adjacent to an activating group) is 1. The van der Waals surface area contributed by atoms with Crippen LogP contribution in [-0.4, -0.2) is 93.0 Å². The van der Waals surface area contributed by atoms with E-state index in [9.17, 15) is 9.59 Å². The number of ether oxygens (including phenoxy) is 1. The third kappa shape index (κ3) is 7.24. The van der Waals surface area contributed by atoms with Crippen molar-refractivity contribution in [3.63, 3.8) is 0 Å². The number of hydrogen-bond acceptors (Lipinski definition) is 6. The Hall–Kier alpha value is -3.56. The lowest BCUT2D eigenvalue weighted by Crippen LogP contribution is -2.41. The summed E-state index contributed by atoms with van der Waals surface area (Å²) in [6.07, 6.45) is 5.84. The molecule has 0 bridgehead atoms. The summed E-state index contributed by atoms with van der Waals surface area (Å²) in [6, 6.07) is 15.9. The molecule has 0 radical (unpaired) electrons. The van der Waals surface area contributed by atoms with Gasteiger partial charge in [-0.1, -0.05) is 30.3 Å². The summed E-state index contributed by atoms with van der Waals surface area (Å²) in [4.78, 5) is 40.4. The first-order valence-corrected chi connectivity index (χ1v) is 12.9. The first-order chi connectivity index (χ1) is 18.1. The summed E-state index contributed by atoms with van der Waals surface area (Å²) >= 11 is 0. The van der Waals surface area contributed by atoms with E-state index in [1.165, 1.54) is 5.56 Å². The standard InChI is InChI=1S/C28H36N6O3/c1-3-32(4-2)27(36)22-37-25-19-31(18-24-12-8-16-34(24)28-29-14-9-15-30-28)21-26(35)33(20-25)17-13-23-10-6-5-7-11-23/h5-12,14-16,25H,3-4,13,17-22H2,1-2H3. The van der Waals surface area contributed by atoms with Gasteiger partial charge in [-0.3, -0.25) is 19.1 Å². The molecule has 37 heavy (non-hydrogen) atoms. The van der Waals surface area contributed by atoms with Gasteiger partial charge >= 0.3 is 0 Å². The molecular weight excluding hydrogens is 468 g/mol. The van der Waals surface area contributed by atoms with Crippen molar-refractivity contribution in [3.05, 3.63) is 78.4 Å². The highest BCUT2D eigenvalue weighted by atomic mass is 16.5. The van der Waals surface area contributed by atoms with Crippen LogP contribution in [-0.2, 0) is 27.3 Å². The van der Waals surface area contributed by atoms with E-state index in [0.717, 1.165) is 12.1 Å². The van der Waals surface area contributed by atoms with Gasteiger partial charge in [-0.25, -0.2) is 9.97 Å². The third-order valence-corrected chi connectivity index (χ3v) is 6.66. The molecule has 2 amide bonds. The van der Waals surface area contributed by atoms with Gasteiger partial charge < -0.3 is 14.5 Å². The lowest BCUT2D eigenvalue weighted by Gasteiger charge is -2.26. The molecular formula is C28H36N6O3. The van der Waals surface area contributed by atoms with Gasteiger partial charge in [0, 0.05) is 63.6 Å². The molecule has 3 heterocycles. The van der Waals surface area contributed by atoms with E-state index < -0.39 is 0 Å². The van der Waals surface area contributed by atoms with Crippen LogP contribution in [0.15, 0.2) is 67.1 Å². The van der Waals surface area contributed by atoms with Crippen molar-refractivity contribution in [1.82, 2.24) is 29.2 Å². The molecule has 1 unspecified atom stereocenters. The highest BCUT2D eigenvalue weighted by Gasteiger charge is 2.29. The quantitative estimate of drug-likeness (QED) is 0.399. The largest absolute Gasteiger partial charge is 0.365 e. The van der Waals surface area contributed by atoms with Gasteiger partial charge in [-0.2, -0.15) is 0 Å². The Morgan fingerprint density at radius 2 is 1.78 bits per heavy atom. The number of carbonyl (C=O) groups excluding carboxylic acids is 2. The van der Waals surface area contributed by atoms with Crippen LogP contribution in [0, 0.1) is 0 Å². The van der Waals surface area contributed by atoms with Crippen LogP contribution >= 0.6 is 0 Å². The minimum atomic E-state index is -0.280. The fourth-order valence-corrected chi connectivity index (χ4v) is 4.64. The summed E-state index contributed by atoms with van der Waals surface area (Å²) in [6.45, 7) is 7.65. The van der Waals surface area contributed by atoms with E-state index in [4.69, 9.17) is 4.74 Å². The Kier molecular flexibility index (Phi) is 9.40. The number of benzene rings is 1. The Morgan fingerprint density at radius 1 is 1.03 bits per heavy atom. The van der Waals surface area contributed by atoms with Gasteiger partial charge in [-0.15, -0.1) is 0 Å². The zero-order chi connectivity index (χ0) is 26.0. The molecule has 9 nitrogen and oxygen atoms in total. The molecule has 0 spiro atoms. The summed E-state index contributed by atoms with van der Waals surface area (Å²) in [5.41, 5.74) is 2.17. The van der Waals surface area contributed by atoms with Crippen molar-refractivity contribution in [2.75, 3.05) is 45.9 Å². The average Bonchev–Trinajstić information content (AvgIpc) is 3.32. The number of amides is 2. The lowest BCUT2D eigenvalue weighted by atomic mass is 10.1. The molecule has 1 atom stereocenters. The number of rotatable bonds is 11. The number of aromatic nitrogens is 3. The second-order valence-electron chi connectivity index (χ2n) is 9.16. The van der Waals surface area contributed by atoms with Crippen molar-refractivity contribution in [3.8, 4) is 5.95 Å². The molecule has 2 aromatic heterocycles. The Labute approximate surface area is 218 Å². The zero-order valence-corrected chi connectivity index (χ0v) is 21.7. The van der Waals surface area contributed by atoms with E-state index in [0.29, 0.717) is 45.2 Å². The molecule has 4 rings (SSSR count). The van der Waals surface area contributed by atoms with E-state index in [1.807, 2.05) is 59.8 Å². The normalized spacial score (nSPS) is 16.5. The summed E-state index contributed by atoms with van der Waals surface area (Å²) in [5, 5.41) is 0. The van der Waals surface area contributed by atoms with Gasteiger partial charge in [0.1, 0.15) is 6.61 Å². The van der Waals surface area contributed by atoms with Crippen LogP contribution in [0.2, 0.25) is 0 Å². The minimum absolute atomic E-state index is 0.00906. The zero-order valence-electron chi connectivity index (χ0n) is 21.7. The SMILES string of the molecule is CCN(CC)C(=O)COC1CN(Cc2cccn2-c2ncccn2)CC(=O)N(CCc2ccccc2)C1. The second-order valence-corrected chi connectivity index (χ2v) is 9.16. The third-order valence-electron chi connectivity index (χ3n) is 6.66. The van der Waals surface area contributed by atoms with Crippen LogP contribution in [0.3, 0.4) is 0 Å². The van der Waals surface area contributed by atoms with Crippen molar-refractivity contribution in [2.24, 2.45) is 0 Å². The molecule has 1 saturated heterocycles. The molecule has 0 N–H and O–H groups in total. The molecule has 196 valence electrons. The van der Waals surface area contributed by atoms with Crippen LogP contribution < -0.4 is 0 Å². The average molecular weight is 505 g/mol. The molecule has 1 aliphatic rings. The maximum Gasteiger partial charge on any atom is 0.248 e. The molecule has 1 aromatic carbocycles. The maximum atomic E-state index is 13.3. The van der Waals surface area contributed by atoms with Gasteiger partial charge in [0.05, 0.1) is 12.6 Å². The number of hydrogen-bond donors (Lipinski definition) is 0. The molecule has 1 aliphatic heterocycles. The molecule has 0 aliphatic carbocycles. The van der Waals surface area contributed by atoms with E-state index in [2.05, 4.69) is 27.0 Å². The Balaban J connectivity index is 1.48. The Bertz CT molecular complexity index is 1130. The van der Waals surface area contributed by atoms with E-state index in [-0.39, 0.29) is 31.1 Å². The molecule has 3 aromatic rings. The van der Waals surface area contributed by atoms with Gasteiger partial charge in [-0.05, 0) is 44.0 Å². The first-order valence-electron chi connectivity index (χ1n) is 12.9. The van der Waals surface area contributed by atoms with Crippen molar-refractivity contribution >= 4 is 11.8 Å². The predicted molar refractivity (Wildman–Crippen MR) is 141 cm³/mol. The lowest BCUT2D eigenvalue weighted by molar-refractivity contribution is -0.138. The van der Waals surface area contributed by atoms with Crippen LogP contribution in [0.4, 0.5) is 0 Å². The monoisotopic (exact) mass is 504 g/mol. The maximum absolute atomic E-state index is 13.3.